The lowest BCUT2D eigenvalue weighted by atomic mass is 9.74. The first-order valence-electron chi connectivity index (χ1n) is 6.95. The molecule has 3 N–H and O–H groups in total. The number of piperidine rings is 1. The number of likely N-dealkylation sites (tertiary alicyclic amines) is 1. The zero-order valence-electron chi connectivity index (χ0n) is 11.6. The van der Waals surface area contributed by atoms with Crippen molar-refractivity contribution >= 4 is 17.9 Å². The van der Waals surface area contributed by atoms with E-state index < -0.39 is 11.5 Å². The Labute approximate surface area is 117 Å². The molecule has 2 fully saturated rings. The van der Waals surface area contributed by atoms with Gasteiger partial charge in [0.1, 0.15) is 0 Å². The molecule has 7 heteroatoms. The first kappa shape index (κ1) is 14.6. The molecule has 1 saturated carbocycles. The fourth-order valence-electron chi connectivity index (χ4n) is 2.83. The predicted octanol–water partition coefficient (Wildman–Crippen LogP) is 0.304. The quantitative estimate of drug-likeness (QED) is 0.691. The molecule has 0 spiro atoms. The highest BCUT2D eigenvalue weighted by atomic mass is 16.4. The lowest BCUT2D eigenvalue weighted by Crippen LogP contribution is -2.60. The third kappa shape index (κ3) is 3.40. The van der Waals surface area contributed by atoms with Gasteiger partial charge in [-0.2, -0.15) is 0 Å². The number of carbonyl (C=O) groups is 3. The normalized spacial score (nSPS) is 24.8. The summed E-state index contributed by atoms with van der Waals surface area (Å²) >= 11 is 0. The molecule has 1 saturated heterocycles. The fourth-order valence-corrected chi connectivity index (χ4v) is 2.83. The van der Waals surface area contributed by atoms with Crippen LogP contribution in [0.4, 0.5) is 4.79 Å². The van der Waals surface area contributed by atoms with Gasteiger partial charge in [-0.05, 0) is 25.7 Å². The van der Waals surface area contributed by atoms with Crippen LogP contribution in [-0.2, 0) is 9.59 Å². The molecule has 1 heterocycles. The van der Waals surface area contributed by atoms with Crippen molar-refractivity contribution in [2.24, 2.45) is 0 Å². The van der Waals surface area contributed by atoms with E-state index in [1.807, 2.05) is 0 Å². The SMILES string of the molecule is CN1CC(NC(=O)NC2(CC(=O)O)CCC2)CCC1=O. The number of carboxylic acid groups (broad SMARTS) is 1. The fraction of sp³-hybridized carbons (Fsp3) is 0.769. The van der Waals surface area contributed by atoms with Gasteiger partial charge in [0, 0.05) is 26.1 Å². The Bertz CT molecular complexity index is 420. The maximum atomic E-state index is 12.0. The second-order valence-electron chi connectivity index (χ2n) is 5.81. The molecular weight excluding hydrogens is 262 g/mol. The summed E-state index contributed by atoms with van der Waals surface area (Å²) in [4.78, 5) is 35.8. The molecule has 0 aromatic rings. The van der Waals surface area contributed by atoms with Crippen LogP contribution >= 0.6 is 0 Å². The predicted molar refractivity (Wildman–Crippen MR) is 71.2 cm³/mol. The van der Waals surface area contributed by atoms with E-state index in [9.17, 15) is 14.4 Å². The number of rotatable bonds is 4. The standard InChI is InChI=1S/C13H21N3O4/c1-16-8-9(3-4-10(16)17)14-12(20)15-13(5-2-6-13)7-11(18)19/h9H,2-8H2,1H3,(H,18,19)(H2,14,15,20). The van der Waals surface area contributed by atoms with Crippen LogP contribution in [0, 0.1) is 0 Å². The lowest BCUT2D eigenvalue weighted by molar-refractivity contribution is -0.139. The lowest BCUT2D eigenvalue weighted by Gasteiger charge is -2.42. The van der Waals surface area contributed by atoms with Gasteiger partial charge in [-0.15, -0.1) is 0 Å². The van der Waals surface area contributed by atoms with E-state index in [2.05, 4.69) is 10.6 Å². The van der Waals surface area contributed by atoms with Gasteiger partial charge in [-0.3, -0.25) is 9.59 Å². The summed E-state index contributed by atoms with van der Waals surface area (Å²) in [6.07, 6.45) is 3.37. The number of carbonyl (C=O) groups excluding carboxylic acids is 2. The molecule has 0 radical (unpaired) electrons. The zero-order chi connectivity index (χ0) is 14.8. The van der Waals surface area contributed by atoms with E-state index in [1.54, 1.807) is 11.9 Å². The Morgan fingerprint density at radius 1 is 1.45 bits per heavy atom. The average Bonchev–Trinajstić information content (AvgIpc) is 2.30. The van der Waals surface area contributed by atoms with Crippen LogP contribution in [0.3, 0.4) is 0 Å². The number of urea groups is 1. The van der Waals surface area contributed by atoms with Crippen molar-refractivity contribution in [3.05, 3.63) is 0 Å². The highest BCUT2D eigenvalue weighted by Gasteiger charge is 2.40. The number of likely N-dealkylation sites (N-methyl/N-ethyl adjacent to an activating group) is 1. The van der Waals surface area contributed by atoms with Crippen LogP contribution < -0.4 is 10.6 Å². The van der Waals surface area contributed by atoms with Crippen LogP contribution in [0.5, 0.6) is 0 Å². The van der Waals surface area contributed by atoms with Crippen molar-refractivity contribution < 1.29 is 19.5 Å². The smallest absolute Gasteiger partial charge is 0.315 e. The minimum atomic E-state index is -0.895. The van der Waals surface area contributed by atoms with Gasteiger partial charge in [0.25, 0.3) is 0 Å². The molecule has 0 aromatic carbocycles. The van der Waals surface area contributed by atoms with Gasteiger partial charge in [0.2, 0.25) is 5.91 Å². The van der Waals surface area contributed by atoms with Gasteiger partial charge in [-0.25, -0.2) is 4.79 Å². The molecule has 1 unspecified atom stereocenters. The van der Waals surface area contributed by atoms with Crippen molar-refractivity contribution in [2.45, 2.75) is 50.1 Å². The summed E-state index contributed by atoms with van der Waals surface area (Å²) in [6.45, 7) is 0.498. The summed E-state index contributed by atoms with van der Waals surface area (Å²) in [6, 6.07) is -0.404. The number of nitrogens with zero attached hydrogens (tertiary/aromatic N) is 1. The van der Waals surface area contributed by atoms with Crippen molar-refractivity contribution in [1.82, 2.24) is 15.5 Å². The molecule has 2 aliphatic rings. The van der Waals surface area contributed by atoms with E-state index >= 15 is 0 Å². The van der Waals surface area contributed by atoms with Crippen LogP contribution in [-0.4, -0.2) is 53.1 Å². The van der Waals surface area contributed by atoms with Crippen LogP contribution in [0.25, 0.3) is 0 Å². The van der Waals surface area contributed by atoms with Crippen molar-refractivity contribution in [3.8, 4) is 0 Å². The highest BCUT2D eigenvalue weighted by molar-refractivity contribution is 5.79. The zero-order valence-corrected chi connectivity index (χ0v) is 11.6. The Morgan fingerprint density at radius 3 is 2.65 bits per heavy atom. The Balaban J connectivity index is 1.83. The summed E-state index contributed by atoms with van der Waals surface area (Å²) < 4.78 is 0. The summed E-state index contributed by atoms with van der Waals surface area (Å²) in [7, 11) is 1.71. The molecule has 20 heavy (non-hydrogen) atoms. The van der Waals surface area contributed by atoms with E-state index in [1.165, 1.54) is 0 Å². The van der Waals surface area contributed by atoms with Gasteiger partial charge in [0.05, 0.1) is 12.0 Å². The first-order valence-corrected chi connectivity index (χ1v) is 6.95. The second kappa shape index (κ2) is 5.68. The van der Waals surface area contributed by atoms with Crippen molar-refractivity contribution in [2.75, 3.05) is 13.6 Å². The molecule has 1 atom stereocenters. The highest BCUT2D eigenvalue weighted by Crippen LogP contribution is 2.34. The van der Waals surface area contributed by atoms with E-state index in [0.717, 1.165) is 6.42 Å². The van der Waals surface area contributed by atoms with Crippen LogP contribution in [0.1, 0.15) is 38.5 Å². The number of carboxylic acids is 1. The molecule has 7 nitrogen and oxygen atoms in total. The number of hydrogen-bond donors (Lipinski definition) is 3. The van der Waals surface area contributed by atoms with Crippen molar-refractivity contribution in [1.29, 1.82) is 0 Å². The number of nitrogens with one attached hydrogen (secondary N) is 2. The third-order valence-electron chi connectivity index (χ3n) is 4.14. The van der Waals surface area contributed by atoms with Crippen molar-refractivity contribution in [3.63, 3.8) is 0 Å². The molecule has 2 rings (SSSR count). The monoisotopic (exact) mass is 283 g/mol. The minimum Gasteiger partial charge on any atom is -0.481 e. The molecular formula is C13H21N3O4. The summed E-state index contributed by atoms with van der Waals surface area (Å²) in [5, 5.41) is 14.5. The Kier molecular flexibility index (Phi) is 4.15. The summed E-state index contributed by atoms with van der Waals surface area (Å²) in [5.41, 5.74) is -0.591. The number of hydrogen-bond acceptors (Lipinski definition) is 3. The van der Waals surface area contributed by atoms with Gasteiger partial charge in [0.15, 0.2) is 0 Å². The van der Waals surface area contributed by atoms with E-state index in [4.69, 9.17) is 5.11 Å². The maximum absolute atomic E-state index is 12.0. The summed E-state index contributed by atoms with van der Waals surface area (Å²) in [5.74, 6) is -0.808. The van der Waals surface area contributed by atoms with Gasteiger partial charge in [-0.1, -0.05) is 0 Å². The number of aliphatic carboxylic acids is 1. The first-order chi connectivity index (χ1) is 9.40. The number of amides is 3. The maximum Gasteiger partial charge on any atom is 0.315 e. The van der Waals surface area contributed by atoms with Crippen LogP contribution in [0.2, 0.25) is 0 Å². The average molecular weight is 283 g/mol. The third-order valence-corrected chi connectivity index (χ3v) is 4.14. The van der Waals surface area contributed by atoms with Gasteiger partial charge >= 0.3 is 12.0 Å². The molecule has 0 aromatic heterocycles. The molecule has 0 bridgehead atoms. The van der Waals surface area contributed by atoms with E-state index in [0.29, 0.717) is 32.2 Å². The van der Waals surface area contributed by atoms with Crippen LogP contribution in [0.15, 0.2) is 0 Å². The Morgan fingerprint density at radius 2 is 2.15 bits per heavy atom. The molecule has 1 aliphatic heterocycles. The van der Waals surface area contributed by atoms with E-state index in [-0.39, 0.29) is 24.4 Å². The largest absolute Gasteiger partial charge is 0.481 e. The molecule has 112 valence electrons. The topological polar surface area (TPSA) is 98.7 Å². The molecule has 3 amide bonds. The molecule has 1 aliphatic carbocycles. The van der Waals surface area contributed by atoms with Gasteiger partial charge < -0.3 is 20.6 Å². The minimum absolute atomic E-state index is 0.0382. The second-order valence-corrected chi connectivity index (χ2v) is 5.81. The Hall–Kier alpha value is -1.79.